The number of rotatable bonds is 2. The average Bonchev–Trinajstić information content (AvgIpc) is 2.85. The lowest BCUT2D eigenvalue weighted by molar-refractivity contribution is -0.117. The summed E-state index contributed by atoms with van der Waals surface area (Å²) in [6.07, 6.45) is 2.36. The summed E-state index contributed by atoms with van der Waals surface area (Å²) >= 11 is 3.38. The summed E-state index contributed by atoms with van der Waals surface area (Å²) in [6, 6.07) is 11.2. The lowest BCUT2D eigenvalue weighted by Gasteiger charge is -2.26. The molecule has 0 aliphatic carbocycles. The van der Waals surface area contributed by atoms with Crippen LogP contribution in [0.2, 0.25) is 0 Å². The Bertz CT molecular complexity index is 832. The standard InChI is InChI=1S/C18H15BrN2O2/c19-14-5-1-3-12(7-14)18(23)20-15-8-11-4-2-6-21-16(22)10-13(9-15)17(11)21/h1,3,5,7-9H,2,4,6,10H2,(H,20,23). The summed E-state index contributed by atoms with van der Waals surface area (Å²) in [4.78, 5) is 26.4. The molecule has 0 unspecified atom stereocenters. The number of nitrogens with one attached hydrogen (secondary N) is 1. The van der Waals surface area contributed by atoms with E-state index >= 15 is 0 Å². The molecule has 2 heterocycles. The van der Waals surface area contributed by atoms with Gasteiger partial charge in [0.25, 0.3) is 5.91 Å². The molecule has 1 N–H and O–H groups in total. The second-order valence-corrected chi connectivity index (χ2v) is 6.85. The summed E-state index contributed by atoms with van der Waals surface area (Å²) in [5.41, 5.74) is 4.62. The smallest absolute Gasteiger partial charge is 0.255 e. The van der Waals surface area contributed by atoms with Gasteiger partial charge in [0.1, 0.15) is 0 Å². The molecule has 4 rings (SSSR count). The van der Waals surface area contributed by atoms with E-state index in [1.165, 1.54) is 0 Å². The van der Waals surface area contributed by atoms with Gasteiger partial charge in [0.05, 0.1) is 12.1 Å². The first-order valence-corrected chi connectivity index (χ1v) is 8.44. The number of hydrogen-bond donors (Lipinski definition) is 1. The fourth-order valence-electron chi connectivity index (χ4n) is 3.38. The van der Waals surface area contributed by atoms with Crippen molar-refractivity contribution in [3.63, 3.8) is 0 Å². The summed E-state index contributed by atoms with van der Waals surface area (Å²) < 4.78 is 0.871. The highest BCUT2D eigenvalue weighted by Gasteiger charge is 2.32. The maximum Gasteiger partial charge on any atom is 0.255 e. The fourth-order valence-corrected chi connectivity index (χ4v) is 3.78. The Labute approximate surface area is 142 Å². The third-order valence-corrected chi connectivity index (χ3v) is 4.85. The van der Waals surface area contributed by atoms with Crippen LogP contribution < -0.4 is 10.2 Å². The van der Waals surface area contributed by atoms with E-state index in [4.69, 9.17) is 0 Å². The Morgan fingerprint density at radius 2 is 2.00 bits per heavy atom. The van der Waals surface area contributed by atoms with Crippen molar-refractivity contribution in [2.24, 2.45) is 0 Å². The van der Waals surface area contributed by atoms with Crippen molar-refractivity contribution in [1.29, 1.82) is 0 Å². The van der Waals surface area contributed by atoms with Crippen molar-refractivity contribution in [2.75, 3.05) is 16.8 Å². The van der Waals surface area contributed by atoms with Crippen LogP contribution in [0.4, 0.5) is 11.4 Å². The zero-order chi connectivity index (χ0) is 16.0. The number of benzene rings is 2. The first-order valence-electron chi connectivity index (χ1n) is 7.65. The highest BCUT2D eigenvalue weighted by Crippen LogP contribution is 2.38. The molecule has 2 aromatic carbocycles. The van der Waals surface area contributed by atoms with Crippen LogP contribution in [0.1, 0.15) is 27.9 Å². The van der Waals surface area contributed by atoms with Gasteiger partial charge in [-0.15, -0.1) is 0 Å². The van der Waals surface area contributed by atoms with Crippen LogP contribution in [0, 0.1) is 0 Å². The van der Waals surface area contributed by atoms with Crippen molar-refractivity contribution in [1.82, 2.24) is 0 Å². The molecule has 0 spiro atoms. The topological polar surface area (TPSA) is 49.4 Å². The van der Waals surface area contributed by atoms with E-state index in [1.54, 1.807) is 12.1 Å². The molecule has 0 aromatic heterocycles. The van der Waals surface area contributed by atoms with Gasteiger partial charge in [-0.25, -0.2) is 0 Å². The van der Waals surface area contributed by atoms with Crippen LogP contribution in [0.3, 0.4) is 0 Å². The lowest BCUT2D eigenvalue weighted by Crippen LogP contribution is -2.31. The number of halogens is 1. The number of anilines is 2. The van der Waals surface area contributed by atoms with E-state index in [0.717, 1.165) is 46.4 Å². The molecule has 5 heteroatoms. The van der Waals surface area contributed by atoms with Gasteiger partial charge < -0.3 is 10.2 Å². The number of carbonyl (C=O) groups excluding carboxylic acids is 2. The number of aryl methyl sites for hydroxylation is 1. The predicted octanol–water partition coefficient (Wildman–Crippen LogP) is 3.54. The second-order valence-electron chi connectivity index (χ2n) is 5.93. The highest BCUT2D eigenvalue weighted by atomic mass is 79.9. The number of hydrogen-bond acceptors (Lipinski definition) is 2. The monoisotopic (exact) mass is 370 g/mol. The van der Waals surface area contributed by atoms with Gasteiger partial charge in [0, 0.05) is 22.3 Å². The minimum absolute atomic E-state index is 0.143. The number of amides is 2. The summed E-state index contributed by atoms with van der Waals surface area (Å²) in [6.45, 7) is 0.808. The molecule has 0 saturated heterocycles. The Hall–Kier alpha value is -2.14. The van der Waals surface area contributed by atoms with Gasteiger partial charge >= 0.3 is 0 Å². The third-order valence-electron chi connectivity index (χ3n) is 4.35. The Morgan fingerprint density at radius 3 is 2.83 bits per heavy atom. The van der Waals surface area contributed by atoms with Crippen molar-refractivity contribution in [3.05, 3.63) is 57.6 Å². The van der Waals surface area contributed by atoms with Gasteiger partial charge in [-0.2, -0.15) is 0 Å². The quantitative estimate of drug-likeness (QED) is 0.878. The molecule has 23 heavy (non-hydrogen) atoms. The van der Waals surface area contributed by atoms with Crippen molar-refractivity contribution < 1.29 is 9.59 Å². The maximum absolute atomic E-state index is 12.4. The first-order chi connectivity index (χ1) is 11.1. The van der Waals surface area contributed by atoms with Gasteiger partial charge in [-0.3, -0.25) is 9.59 Å². The van der Waals surface area contributed by atoms with Crippen LogP contribution in [-0.2, 0) is 17.6 Å². The molecule has 0 atom stereocenters. The molecular weight excluding hydrogens is 356 g/mol. The van der Waals surface area contributed by atoms with Crippen LogP contribution in [0.5, 0.6) is 0 Å². The molecule has 4 nitrogen and oxygen atoms in total. The SMILES string of the molecule is O=C(Nc1cc2c3c(c1)CC(=O)N3CCC2)c1cccc(Br)c1. The van der Waals surface area contributed by atoms with E-state index in [-0.39, 0.29) is 11.8 Å². The first kappa shape index (κ1) is 14.5. The van der Waals surface area contributed by atoms with Crippen LogP contribution in [-0.4, -0.2) is 18.4 Å². The lowest BCUT2D eigenvalue weighted by atomic mass is 9.99. The number of carbonyl (C=O) groups is 2. The molecule has 2 aliphatic rings. The third kappa shape index (κ3) is 2.55. The molecule has 2 aromatic rings. The molecule has 0 bridgehead atoms. The predicted molar refractivity (Wildman–Crippen MR) is 92.9 cm³/mol. The summed E-state index contributed by atoms with van der Waals surface area (Å²) in [5.74, 6) is 0.0202. The summed E-state index contributed by atoms with van der Waals surface area (Å²) in [7, 11) is 0. The molecule has 2 aliphatic heterocycles. The van der Waals surface area contributed by atoms with E-state index in [0.29, 0.717) is 12.0 Å². The average molecular weight is 371 g/mol. The van der Waals surface area contributed by atoms with Gasteiger partial charge in [-0.1, -0.05) is 22.0 Å². The molecule has 2 amide bonds. The van der Waals surface area contributed by atoms with E-state index in [1.807, 2.05) is 29.2 Å². The van der Waals surface area contributed by atoms with Crippen LogP contribution in [0.15, 0.2) is 40.9 Å². The maximum atomic E-state index is 12.4. The van der Waals surface area contributed by atoms with Crippen molar-refractivity contribution >= 4 is 39.1 Å². The Balaban J connectivity index is 1.65. The second kappa shape index (κ2) is 5.49. The zero-order valence-electron chi connectivity index (χ0n) is 12.4. The van der Waals surface area contributed by atoms with Crippen LogP contribution in [0.25, 0.3) is 0 Å². The summed E-state index contributed by atoms with van der Waals surface area (Å²) in [5, 5.41) is 2.95. The minimum atomic E-state index is -0.143. The van der Waals surface area contributed by atoms with E-state index < -0.39 is 0 Å². The van der Waals surface area contributed by atoms with E-state index in [9.17, 15) is 9.59 Å². The molecule has 0 fully saturated rings. The van der Waals surface area contributed by atoms with E-state index in [2.05, 4.69) is 21.2 Å². The minimum Gasteiger partial charge on any atom is -0.322 e. The van der Waals surface area contributed by atoms with Gasteiger partial charge in [0.2, 0.25) is 5.91 Å². The number of nitrogens with zero attached hydrogens (tertiary/aromatic N) is 1. The van der Waals surface area contributed by atoms with Crippen molar-refractivity contribution in [3.8, 4) is 0 Å². The molecule has 116 valence electrons. The largest absolute Gasteiger partial charge is 0.322 e. The Morgan fingerprint density at radius 1 is 1.17 bits per heavy atom. The zero-order valence-corrected chi connectivity index (χ0v) is 14.0. The Kier molecular flexibility index (Phi) is 3.45. The fraction of sp³-hybridized carbons (Fsp3) is 0.222. The molecule has 0 radical (unpaired) electrons. The highest BCUT2D eigenvalue weighted by molar-refractivity contribution is 9.10. The molecule has 0 saturated carbocycles. The van der Waals surface area contributed by atoms with Crippen LogP contribution >= 0.6 is 15.9 Å². The van der Waals surface area contributed by atoms with Crippen molar-refractivity contribution in [2.45, 2.75) is 19.3 Å². The van der Waals surface area contributed by atoms with Gasteiger partial charge in [0.15, 0.2) is 0 Å². The van der Waals surface area contributed by atoms with Gasteiger partial charge in [-0.05, 0) is 54.3 Å². The normalized spacial score (nSPS) is 15.5. The molecular formula is C18H15BrN2O2.